The molecular formula is C23H36N2O3S. The summed E-state index contributed by atoms with van der Waals surface area (Å²) in [5, 5.41) is 3.25. The minimum atomic E-state index is -3.17. The van der Waals surface area contributed by atoms with Gasteiger partial charge in [-0.3, -0.25) is 4.79 Å². The average Bonchev–Trinajstić information content (AvgIpc) is 2.72. The Morgan fingerprint density at radius 2 is 1.59 bits per heavy atom. The number of sulfonamides is 1. The maximum Gasteiger partial charge on any atom is 0.223 e. The van der Waals surface area contributed by atoms with Gasteiger partial charge >= 0.3 is 0 Å². The molecule has 1 unspecified atom stereocenters. The van der Waals surface area contributed by atoms with E-state index in [0.29, 0.717) is 31.8 Å². The van der Waals surface area contributed by atoms with Gasteiger partial charge in [-0.2, -0.15) is 0 Å². The van der Waals surface area contributed by atoms with Gasteiger partial charge in [-0.15, -0.1) is 0 Å². The van der Waals surface area contributed by atoms with Crippen LogP contribution in [-0.2, 0) is 14.8 Å². The van der Waals surface area contributed by atoms with Gasteiger partial charge in [0, 0.05) is 19.0 Å². The smallest absolute Gasteiger partial charge is 0.223 e. The Hall–Kier alpha value is -1.40. The van der Waals surface area contributed by atoms with Crippen LogP contribution in [0.3, 0.4) is 0 Å². The summed E-state index contributed by atoms with van der Waals surface area (Å²) in [6.45, 7) is 5.12. The van der Waals surface area contributed by atoms with E-state index in [9.17, 15) is 13.2 Å². The lowest BCUT2D eigenvalue weighted by Crippen LogP contribution is -2.44. The standard InChI is InChI=1S/C23H36N2O3S/c1-17(2)22(20-11-9-19(10-12-20)18-7-5-4-6-8-18)24-23(26)21-13-15-25(16-14-21)29(3,27)28/h9-12,17-18,21-22H,4-8,13-16H2,1-3H3,(H,24,26). The lowest BCUT2D eigenvalue weighted by molar-refractivity contribution is -0.127. The third-order valence-corrected chi connectivity index (χ3v) is 7.93. The van der Waals surface area contributed by atoms with Crippen molar-refractivity contribution in [2.45, 2.75) is 70.8 Å². The monoisotopic (exact) mass is 420 g/mol. The maximum absolute atomic E-state index is 12.9. The summed E-state index contributed by atoms with van der Waals surface area (Å²) in [6.07, 6.45) is 9.00. The van der Waals surface area contributed by atoms with Gasteiger partial charge in [0.15, 0.2) is 0 Å². The SMILES string of the molecule is CC(C)C(NC(=O)C1CCN(S(C)(=O)=O)CC1)c1ccc(C2CCCCC2)cc1. The molecule has 0 aromatic heterocycles. The molecule has 0 spiro atoms. The summed E-state index contributed by atoms with van der Waals surface area (Å²) in [4.78, 5) is 12.9. The Labute approximate surface area is 176 Å². The maximum atomic E-state index is 12.9. The van der Waals surface area contributed by atoms with E-state index in [-0.39, 0.29) is 23.8 Å². The van der Waals surface area contributed by atoms with E-state index in [4.69, 9.17) is 0 Å². The van der Waals surface area contributed by atoms with E-state index in [2.05, 4.69) is 43.4 Å². The summed E-state index contributed by atoms with van der Waals surface area (Å²) in [5.74, 6) is 0.907. The molecule has 6 heteroatoms. The fourth-order valence-electron chi connectivity index (χ4n) is 4.77. The van der Waals surface area contributed by atoms with Crippen molar-refractivity contribution >= 4 is 15.9 Å². The van der Waals surface area contributed by atoms with Gasteiger partial charge in [0.05, 0.1) is 12.3 Å². The van der Waals surface area contributed by atoms with Crippen LogP contribution in [0.25, 0.3) is 0 Å². The van der Waals surface area contributed by atoms with Crippen molar-refractivity contribution in [2.24, 2.45) is 11.8 Å². The van der Waals surface area contributed by atoms with Gasteiger partial charge in [0.25, 0.3) is 0 Å². The molecule has 1 saturated heterocycles. The number of hydrogen-bond acceptors (Lipinski definition) is 3. The first kappa shape index (κ1) is 22.3. The number of piperidine rings is 1. The summed E-state index contributed by atoms with van der Waals surface area (Å²) < 4.78 is 24.8. The van der Waals surface area contributed by atoms with Crippen molar-refractivity contribution in [3.05, 3.63) is 35.4 Å². The van der Waals surface area contributed by atoms with Crippen LogP contribution in [0, 0.1) is 11.8 Å². The number of carbonyl (C=O) groups excluding carboxylic acids is 1. The molecule has 0 bridgehead atoms. The summed E-state index contributed by atoms with van der Waals surface area (Å²) in [6, 6.07) is 8.84. The molecule has 3 rings (SSSR count). The predicted molar refractivity (Wildman–Crippen MR) is 117 cm³/mol. The van der Waals surface area contributed by atoms with Gasteiger partial charge in [-0.25, -0.2) is 12.7 Å². The van der Waals surface area contributed by atoms with Crippen molar-refractivity contribution < 1.29 is 13.2 Å². The Morgan fingerprint density at radius 1 is 1.00 bits per heavy atom. The Bertz CT molecular complexity index is 775. The molecule has 1 amide bonds. The zero-order chi connectivity index (χ0) is 21.0. The van der Waals surface area contributed by atoms with Crippen LogP contribution in [0.15, 0.2) is 24.3 Å². The molecule has 1 N–H and O–H groups in total. The molecule has 5 nitrogen and oxygen atoms in total. The lowest BCUT2D eigenvalue weighted by atomic mass is 9.83. The third kappa shape index (κ3) is 5.82. The molecule has 0 radical (unpaired) electrons. The molecule has 1 aromatic rings. The number of nitrogens with one attached hydrogen (secondary N) is 1. The van der Waals surface area contributed by atoms with Crippen LogP contribution in [0.1, 0.15) is 81.9 Å². The molecule has 1 aromatic carbocycles. The van der Waals surface area contributed by atoms with Gasteiger partial charge in [0.1, 0.15) is 0 Å². The van der Waals surface area contributed by atoms with E-state index >= 15 is 0 Å². The van der Waals surface area contributed by atoms with Gasteiger partial charge in [-0.05, 0) is 48.6 Å². The second-order valence-corrected chi connectivity index (χ2v) is 11.2. The van der Waals surface area contributed by atoms with Crippen LogP contribution in [-0.4, -0.2) is 38.0 Å². The molecule has 162 valence electrons. The summed E-state index contributed by atoms with van der Waals surface area (Å²) in [7, 11) is -3.17. The second kappa shape index (κ2) is 9.61. The molecular weight excluding hydrogens is 384 g/mol. The fourth-order valence-corrected chi connectivity index (χ4v) is 5.64. The summed E-state index contributed by atoms with van der Waals surface area (Å²) in [5.41, 5.74) is 2.58. The van der Waals surface area contributed by atoms with E-state index in [0.717, 1.165) is 5.56 Å². The number of amides is 1. The van der Waals surface area contributed by atoms with Crippen LogP contribution in [0.5, 0.6) is 0 Å². The van der Waals surface area contributed by atoms with Gasteiger partial charge in [0.2, 0.25) is 15.9 Å². The highest BCUT2D eigenvalue weighted by Gasteiger charge is 2.30. The molecule has 1 aliphatic carbocycles. The number of hydrogen-bond donors (Lipinski definition) is 1. The number of benzene rings is 1. The van der Waals surface area contributed by atoms with E-state index in [1.807, 2.05) is 0 Å². The molecule has 1 saturated carbocycles. The molecule has 1 atom stereocenters. The van der Waals surface area contributed by atoms with Crippen LogP contribution in [0.2, 0.25) is 0 Å². The number of rotatable bonds is 6. The van der Waals surface area contributed by atoms with Crippen molar-refractivity contribution in [3.63, 3.8) is 0 Å². The van der Waals surface area contributed by atoms with Crippen LogP contribution in [0.4, 0.5) is 0 Å². The Morgan fingerprint density at radius 3 is 2.10 bits per heavy atom. The van der Waals surface area contributed by atoms with Crippen molar-refractivity contribution in [1.29, 1.82) is 0 Å². The fraction of sp³-hybridized carbons (Fsp3) is 0.696. The molecule has 1 aliphatic heterocycles. The largest absolute Gasteiger partial charge is 0.349 e. The van der Waals surface area contributed by atoms with Crippen molar-refractivity contribution in [1.82, 2.24) is 9.62 Å². The molecule has 29 heavy (non-hydrogen) atoms. The normalized spacial score (nSPS) is 21.2. The van der Waals surface area contributed by atoms with Crippen molar-refractivity contribution in [2.75, 3.05) is 19.3 Å². The molecule has 1 heterocycles. The zero-order valence-corrected chi connectivity index (χ0v) is 18.9. The summed E-state index contributed by atoms with van der Waals surface area (Å²) >= 11 is 0. The Balaban J connectivity index is 1.62. The third-order valence-electron chi connectivity index (χ3n) is 6.63. The minimum absolute atomic E-state index is 0.0177. The van der Waals surface area contributed by atoms with E-state index in [1.54, 1.807) is 0 Å². The lowest BCUT2D eigenvalue weighted by Gasteiger charge is -2.31. The second-order valence-electron chi connectivity index (χ2n) is 9.17. The average molecular weight is 421 g/mol. The highest BCUT2D eigenvalue weighted by molar-refractivity contribution is 7.88. The minimum Gasteiger partial charge on any atom is -0.349 e. The first-order valence-corrected chi connectivity index (χ1v) is 13.0. The first-order valence-electron chi connectivity index (χ1n) is 11.1. The van der Waals surface area contributed by atoms with Crippen LogP contribution < -0.4 is 5.32 Å². The topological polar surface area (TPSA) is 66.5 Å². The molecule has 2 fully saturated rings. The number of nitrogens with zero attached hydrogens (tertiary/aromatic N) is 1. The van der Waals surface area contributed by atoms with Gasteiger partial charge in [-0.1, -0.05) is 57.4 Å². The first-order chi connectivity index (χ1) is 13.8. The van der Waals surface area contributed by atoms with E-state index < -0.39 is 10.0 Å². The molecule has 2 aliphatic rings. The van der Waals surface area contributed by atoms with Crippen LogP contribution >= 0.6 is 0 Å². The highest BCUT2D eigenvalue weighted by atomic mass is 32.2. The highest BCUT2D eigenvalue weighted by Crippen LogP contribution is 2.33. The number of carbonyl (C=O) groups is 1. The Kier molecular flexibility index (Phi) is 7.38. The van der Waals surface area contributed by atoms with Gasteiger partial charge < -0.3 is 5.32 Å². The zero-order valence-electron chi connectivity index (χ0n) is 18.1. The predicted octanol–water partition coefficient (Wildman–Crippen LogP) is 4.22. The van der Waals surface area contributed by atoms with Crippen molar-refractivity contribution in [3.8, 4) is 0 Å². The van der Waals surface area contributed by atoms with E-state index in [1.165, 1.54) is 48.2 Å². The quantitative estimate of drug-likeness (QED) is 0.749.